The molecule has 0 heterocycles. The standard InChI is InChI=1S/C29H34BrN3O5S/c1-5-38-26-16-14-25(15-17-26)33(39(36,37)27-12-7-6-8-13-27)20-28(34)32(22(4)29(35)31-21(2)3)19-23-10-9-11-24(30)18-23/h6-18,21-22H,5,19-20H2,1-4H3,(H,31,35)/t22-/m0/s1. The highest BCUT2D eigenvalue weighted by molar-refractivity contribution is 9.10. The van der Waals surface area contributed by atoms with E-state index in [2.05, 4.69) is 21.2 Å². The number of nitrogens with zero attached hydrogens (tertiary/aromatic N) is 2. The van der Waals surface area contributed by atoms with Gasteiger partial charge in [0.25, 0.3) is 10.0 Å². The van der Waals surface area contributed by atoms with E-state index in [-0.39, 0.29) is 23.4 Å². The van der Waals surface area contributed by atoms with Gasteiger partial charge in [0.15, 0.2) is 0 Å². The van der Waals surface area contributed by atoms with Crippen molar-refractivity contribution in [3.63, 3.8) is 0 Å². The van der Waals surface area contributed by atoms with Crippen LogP contribution in [-0.2, 0) is 26.2 Å². The van der Waals surface area contributed by atoms with Crippen molar-refractivity contribution < 1.29 is 22.7 Å². The van der Waals surface area contributed by atoms with E-state index in [0.29, 0.717) is 18.0 Å². The first kappa shape index (κ1) is 30.2. The summed E-state index contributed by atoms with van der Waals surface area (Å²) in [6.45, 7) is 7.25. The van der Waals surface area contributed by atoms with Gasteiger partial charge in [0.1, 0.15) is 18.3 Å². The molecule has 0 saturated heterocycles. The Morgan fingerprint density at radius 2 is 1.62 bits per heavy atom. The quantitative estimate of drug-likeness (QED) is 0.310. The molecule has 3 rings (SSSR count). The molecule has 0 spiro atoms. The molecule has 0 aromatic heterocycles. The summed E-state index contributed by atoms with van der Waals surface area (Å²) in [5.74, 6) is -0.262. The molecule has 3 aromatic rings. The molecule has 0 fully saturated rings. The lowest BCUT2D eigenvalue weighted by Gasteiger charge is -2.32. The molecular formula is C29H34BrN3O5S. The van der Waals surface area contributed by atoms with E-state index in [9.17, 15) is 18.0 Å². The summed E-state index contributed by atoms with van der Waals surface area (Å²) in [4.78, 5) is 28.3. The number of anilines is 1. The highest BCUT2D eigenvalue weighted by Crippen LogP contribution is 2.27. The van der Waals surface area contributed by atoms with Crippen molar-refractivity contribution in [3.8, 4) is 5.75 Å². The number of hydrogen-bond acceptors (Lipinski definition) is 5. The predicted molar refractivity (Wildman–Crippen MR) is 156 cm³/mol. The second-order valence-corrected chi connectivity index (χ2v) is 12.0. The first-order valence-corrected chi connectivity index (χ1v) is 14.9. The summed E-state index contributed by atoms with van der Waals surface area (Å²) in [5, 5.41) is 2.85. The van der Waals surface area contributed by atoms with Crippen molar-refractivity contribution in [2.24, 2.45) is 0 Å². The lowest BCUT2D eigenvalue weighted by molar-refractivity contribution is -0.139. The van der Waals surface area contributed by atoms with Crippen LogP contribution in [0, 0.1) is 0 Å². The maximum atomic E-state index is 13.9. The third kappa shape index (κ3) is 8.06. The van der Waals surface area contributed by atoms with Gasteiger partial charge in [-0.3, -0.25) is 13.9 Å². The Labute approximate surface area is 239 Å². The van der Waals surface area contributed by atoms with Gasteiger partial charge < -0.3 is 15.0 Å². The van der Waals surface area contributed by atoms with Crippen LogP contribution in [0.3, 0.4) is 0 Å². The predicted octanol–water partition coefficient (Wildman–Crippen LogP) is 4.99. The molecule has 0 aliphatic rings. The Bertz CT molecular complexity index is 1370. The Morgan fingerprint density at radius 3 is 2.21 bits per heavy atom. The van der Waals surface area contributed by atoms with Crippen LogP contribution in [0.15, 0.2) is 88.2 Å². The summed E-state index contributed by atoms with van der Waals surface area (Å²) >= 11 is 3.45. The summed E-state index contributed by atoms with van der Waals surface area (Å²) < 4.78 is 35.0. The average molecular weight is 617 g/mol. The molecule has 0 unspecified atom stereocenters. The van der Waals surface area contributed by atoms with Gasteiger partial charge >= 0.3 is 0 Å². The third-order valence-electron chi connectivity index (χ3n) is 5.89. The zero-order chi connectivity index (χ0) is 28.6. The molecule has 39 heavy (non-hydrogen) atoms. The van der Waals surface area contributed by atoms with Crippen LogP contribution in [0.5, 0.6) is 5.75 Å². The van der Waals surface area contributed by atoms with Crippen molar-refractivity contribution in [2.75, 3.05) is 17.5 Å². The molecule has 0 bridgehead atoms. The zero-order valence-corrected chi connectivity index (χ0v) is 24.9. The van der Waals surface area contributed by atoms with Gasteiger partial charge in [-0.1, -0.05) is 46.3 Å². The fraction of sp³-hybridized carbons (Fsp3) is 0.310. The second-order valence-electron chi connectivity index (χ2n) is 9.24. The molecular weight excluding hydrogens is 582 g/mol. The lowest BCUT2D eigenvalue weighted by atomic mass is 10.1. The molecule has 0 radical (unpaired) electrons. The Balaban J connectivity index is 2.02. The SMILES string of the molecule is CCOc1ccc(N(CC(=O)N(Cc2cccc(Br)c2)[C@@H](C)C(=O)NC(C)C)S(=O)(=O)c2ccccc2)cc1. The fourth-order valence-electron chi connectivity index (χ4n) is 3.94. The van der Waals surface area contributed by atoms with E-state index in [0.717, 1.165) is 14.3 Å². The summed E-state index contributed by atoms with van der Waals surface area (Å²) in [5.41, 5.74) is 1.10. The minimum absolute atomic E-state index is 0.0517. The molecule has 8 nitrogen and oxygen atoms in total. The number of hydrogen-bond donors (Lipinski definition) is 1. The van der Waals surface area contributed by atoms with E-state index in [1.807, 2.05) is 45.0 Å². The number of carbonyl (C=O) groups excluding carboxylic acids is 2. The number of rotatable bonds is 12. The van der Waals surface area contributed by atoms with Gasteiger partial charge in [-0.05, 0) is 81.8 Å². The van der Waals surface area contributed by atoms with Crippen molar-refractivity contribution in [1.29, 1.82) is 0 Å². The molecule has 2 amide bonds. The summed E-state index contributed by atoms with van der Waals surface area (Å²) in [6, 6.07) is 20.9. The van der Waals surface area contributed by atoms with E-state index in [1.165, 1.54) is 17.0 Å². The topological polar surface area (TPSA) is 96.0 Å². The number of carbonyl (C=O) groups is 2. The molecule has 0 aliphatic heterocycles. The van der Waals surface area contributed by atoms with E-state index in [1.54, 1.807) is 49.4 Å². The van der Waals surface area contributed by atoms with Crippen LogP contribution in [0.25, 0.3) is 0 Å². The summed E-state index contributed by atoms with van der Waals surface area (Å²) in [6.07, 6.45) is 0. The maximum absolute atomic E-state index is 13.9. The van der Waals surface area contributed by atoms with Crippen molar-refractivity contribution >= 4 is 43.5 Å². The first-order valence-electron chi connectivity index (χ1n) is 12.7. The molecule has 1 atom stereocenters. The van der Waals surface area contributed by atoms with E-state index >= 15 is 0 Å². The number of benzene rings is 3. The Hall–Kier alpha value is -3.37. The normalized spacial score (nSPS) is 12.1. The van der Waals surface area contributed by atoms with Gasteiger partial charge in [-0.15, -0.1) is 0 Å². The number of nitrogens with one attached hydrogen (secondary N) is 1. The summed E-state index contributed by atoms with van der Waals surface area (Å²) in [7, 11) is -4.12. The minimum atomic E-state index is -4.12. The Kier molecular flexibility index (Phi) is 10.5. The van der Waals surface area contributed by atoms with Crippen LogP contribution in [-0.4, -0.2) is 50.4 Å². The number of amides is 2. The Morgan fingerprint density at radius 1 is 0.949 bits per heavy atom. The van der Waals surface area contributed by atoms with Crippen molar-refractivity contribution in [1.82, 2.24) is 10.2 Å². The average Bonchev–Trinajstić information content (AvgIpc) is 2.90. The first-order chi connectivity index (χ1) is 18.5. The van der Waals surface area contributed by atoms with Crippen LogP contribution in [0.2, 0.25) is 0 Å². The van der Waals surface area contributed by atoms with Crippen molar-refractivity contribution in [2.45, 2.75) is 51.2 Å². The molecule has 208 valence electrons. The molecule has 1 N–H and O–H groups in total. The lowest BCUT2D eigenvalue weighted by Crippen LogP contribution is -2.52. The number of halogens is 1. The largest absolute Gasteiger partial charge is 0.494 e. The van der Waals surface area contributed by atoms with Crippen LogP contribution >= 0.6 is 15.9 Å². The van der Waals surface area contributed by atoms with Crippen molar-refractivity contribution in [3.05, 3.63) is 88.9 Å². The van der Waals surface area contributed by atoms with Gasteiger partial charge in [0.05, 0.1) is 17.2 Å². The van der Waals surface area contributed by atoms with Gasteiger partial charge in [-0.2, -0.15) is 0 Å². The fourth-order valence-corrected chi connectivity index (χ4v) is 5.83. The molecule has 0 aliphatic carbocycles. The van der Waals surface area contributed by atoms with Crippen LogP contribution in [0.4, 0.5) is 5.69 Å². The van der Waals surface area contributed by atoms with E-state index in [4.69, 9.17) is 4.74 Å². The van der Waals surface area contributed by atoms with Gasteiger partial charge in [0, 0.05) is 17.1 Å². The van der Waals surface area contributed by atoms with Gasteiger partial charge in [-0.25, -0.2) is 8.42 Å². The van der Waals surface area contributed by atoms with E-state index < -0.39 is 28.5 Å². The zero-order valence-electron chi connectivity index (χ0n) is 22.5. The van der Waals surface area contributed by atoms with Gasteiger partial charge in [0.2, 0.25) is 11.8 Å². The molecule has 10 heteroatoms. The molecule has 0 saturated carbocycles. The highest BCUT2D eigenvalue weighted by atomic mass is 79.9. The third-order valence-corrected chi connectivity index (χ3v) is 8.17. The smallest absolute Gasteiger partial charge is 0.264 e. The maximum Gasteiger partial charge on any atom is 0.264 e. The monoisotopic (exact) mass is 615 g/mol. The minimum Gasteiger partial charge on any atom is -0.494 e. The molecule has 3 aromatic carbocycles. The van der Waals surface area contributed by atoms with Crippen LogP contribution < -0.4 is 14.4 Å². The highest BCUT2D eigenvalue weighted by Gasteiger charge is 2.32. The van der Waals surface area contributed by atoms with Crippen LogP contribution in [0.1, 0.15) is 33.3 Å². The second kappa shape index (κ2) is 13.6. The number of sulfonamides is 1. The number of ether oxygens (including phenoxy) is 1.